The fraction of sp³-hybridized carbons (Fsp3) is 0.571. The average molecular weight is 237 g/mol. The Morgan fingerprint density at radius 2 is 2.24 bits per heavy atom. The average Bonchev–Trinajstić information content (AvgIpc) is 2.70. The van der Waals surface area contributed by atoms with E-state index >= 15 is 0 Å². The highest BCUT2D eigenvalue weighted by Gasteiger charge is 2.24. The standard InChI is InChI=1S/C14H20FNO/c1-10-5-6-13(15)12(7-10)9-16-8-11-3-2-4-14(11)17/h5-7,11,14,16-17H,2-4,8-9H2,1H3. The van der Waals surface area contributed by atoms with Crippen molar-refractivity contribution in [1.29, 1.82) is 0 Å². The van der Waals surface area contributed by atoms with Crippen molar-refractivity contribution in [2.24, 2.45) is 5.92 Å². The van der Waals surface area contributed by atoms with Gasteiger partial charge >= 0.3 is 0 Å². The van der Waals surface area contributed by atoms with Gasteiger partial charge in [-0.1, -0.05) is 24.1 Å². The molecular formula is C14H20FNO. The van der Waals surface area contributed by atoms with Gasteiger partial charge in [0.25, 0.3) is 0 Å². The lowest BCUT2D eigenvalue weighted by atomic mass is 10.1. The van der Waals surface area contributed by atoms with Gasteiger partial charge in [-0.3, -0.25) is 0 Å². The summed E-state index contributed by atoms with van der Waals surface area (Å²) in [6.45, 7) is 3.27. The minimum absolute atomic E-state index is 0.157. The summed E-state index contributed by atoms with van der Waals surface area (Å²) in [4.78, 5) is 0. The molecule has 1 aromatic carbocycles. The summed E-state index contributed by atoms with van der Waals surface area (Å²) >= 11 is 0. The van der Waals surface area contributed by atoms with E-state index in [0.29, 0.717) is 18.0 Å². The fourth-order valence-corrected chi connectivity index (χ4v) is 2.49. The van der Waals surface area contributed by atoms with Crippen molar-refractivity contribution in [3.8, 4) is 0 Å². The minimum atomic E-state index is -0.176. The summed E-state index contributed by atoms with van der Waals surface area (Å²) in [5.41, 5.74) is 1.78. The summed E-state index contributed by atoms with van der Waals surface area (Å²) in [5, 5.41) is 12.9. The SMILES string of the molecule is Cc1ccc(F)c(CNCC2CCCC2O)c1. The quantitative estimate of drug-likeness (QED) is 0.842. The van der Waals surface area contributed by atoms with E-state index in [1.165, 1.54) is 6.07 Å². The second kappa shape index (κ2) is 5.61. The number of aryl methyl sites for hydroxylation is 1. The maximum absolute atomic E-state index is 13.5. The molecular weight excluding hydrogens is 217 g/mol. The number of nitrogens with one attached hydrogen (secondary N) is 1. The Morgan fingerprint density at radius 1 is 1.41 bits per heavy atom. The van der Waals surface area contributed by atoms with Crippen LogP contribution < -0.4 is 5.32 Å². The summed E-state index contributed by atoms with van der Waals surface area (Å²) in [5.74, 6) is 0.179. The molecule has 94 valence electrons. The Labute approximate surface area is 102 Å². The molecule has 0 bridgehead atoms. The van der Waals surface area contributed by atoms with Gasteiger partial charge in [0, 0.05) is 18.7 Å². The highest BCUT2D eigenvalue weighted by molar-refractivity contribution is 5.23. The predicted octanol–water partition coefficient (Wildman–Crippen LogP) is 2.38. The van der Waals surface area contributed by atoms with Gasteiger partial charge in [-0.15, -0.1) is 0 Å². The molecule has 0 radical (unpaired) electrons. The number of hydrogen-bond acceptors (Lipinski definition) is 2. The molecule has 17 heavy (non-hydrogen) atoms. The first-order chi connectivity index (χ1) is 8.16. The van der Waals surface area contributed by atoms with Crippen LogP contribution in [0.1, 0.15) is 30.4 Å². The lowest BCUT2D eigenvalue weighted by Gasteiger charge is -2.15. The molecule has 1 aromatic rings. The third kappa shape index (κ3) is 3.27. The van der Waals surface area contributed by atoms with Gasteiger partial charge in [-0.25, -0.2) is 4.39 Å². The number of aliphatic hydroxyl groups is 1. The highest BCUT2D eigenvalue weighted by atomic mass is 19.1. The van der Waals surface area contributed by atoms with Gasteiger partial charge in [0.15, 0.2) is 0 Å². The third-order valence-corrected chi connectivity index (χ3v) is 3.54. The molecule has 0 heterocycles. The Morgan fingerprint density at radius 3 is 2.94 bits per heavy atom. The van der Waals surface area contributed by atoms with Gasteiger partial charge in [-0.05, 0) is 31.7 Å². The molecule has 0 aromatic heterocycles. The molecule has 2 atom stereocenters. The van der Waals surface area contributed by atoms with Crippen molar-refractivity contribution in [1.82, 2.24) is 5.32 Å². The van der Waals surface area contributed by atoms with Crippen molar-refractivity contribution in [3.05, 3.63) is 35.1 Å². The molecule has 2 nitrogen and oxygen atoms in total. The number of halogens is 1. The highest BCUT2D eigenvalue weighted by Crippen LogP contribution is 2.24. The smallest absolute Gasteiger partial charge is 0.127 e. The maximum atomic E-state index is 13.5. The van der Waals surface area contributed by atoms with Crippen LogP contribution in [0.3, 0.4) is 0 Å². The zero-order chi connectivity index (χ0) is 12.3. The van der Waals surface area contributed by atoms with Crippen LogP contribution in [-0.2, 0) is 6.54 Å². The van der Waals surface area contributed by atoms with Crippen molar-refractivity contribution < 1.29 is 9.50 Å². The normalized spacial score (nSPS) is 24.2. The first-order valence-corrected chi connectivity index (χ1v) is 6.30. The Bertz CT molecular complexity index is 380. The van der Waals surface area contributed by atoms with Gasteiger partial charge < -0.3 is 10.4 Å². The number of aliphatic hydroxyl groups excluding tert-OH is 1. The summed E-state index contributed by atoms with van der Waals surface area (Å²) in [7, 11) is 0. The molecule has 1 fully saturated rings. The van der Waals surface area contributed by atoms with E-state index < -0.39 is 0 Å². The van der Waals surface area contributed by atoms with Crippen LogP contribution in [0.25, 0.3) is 0 Å². The first kappa shape index (κ1) is 12.5. The molecule has 2 N–H and O–H groups in total. The van der Waals surface area contributed by atoms with Gasteiger partial charge in [0.05, 0.1) is 6.10 Å². The largest absolute Gasteiger partial charge is 0.393 e. The van der Waals surface area contributed by atoms with Crippen molar-refractivity contribution in [2.45, 2.75) is 38.8 Å². The molecule has 0 amide bonds. The molecule has 2 rings (SSSR count). The fourth-order valence-electron chi connectivity index (χ4n) is 2.49. The third-order valence-electron chi connectivity index (χ3n) is 3.54. The second-order valence-corrected chi connectivity index (χ2v) is 4.98. The number of rotatable bonds is 4. The van der Waals surface area contributed by atoms with Crippen LogP contribution in [0, 0.1) is 18.7 Å². The van der Waals surface area contributed by atoms with Crippen LogP contribution in [0.4, 0.5) is 4.39 Å². The van der Waals surface area contributed by atoms with Gasteiger partial charge in [0.2, 0.25) is 0 Å². The topological polar surface area (TPSA) is 32.3 Å². The van der Waals surface area contributed by atoms with E-state index in [0.717, 1.165) is 31.4 Å². The van der Waals surface area contributed by atoms with E-state index in [1.807, 2.05) is 13.0 Å². The van der Waals surface area contributed by atoms with E-state index in [1.54, 1.807) is 6.07 Å². The van der Waals surface area contributed by atoms with Crippen LogP contribution >= 0.6 is 0 Å². The lowest BCUT2D eigenvalue weighted by molar-refractivity contribution is 0.131. The molecule has 2 unspecified atom stereocenters. The molecule has 1 aliphatic rings. The van der Waals surface area contributed by atoms with E-state index in [4.69, 9.17) is 0 Å². The van der Waals surface area contributed by atoms with Crippen molar-refractivity contribution in [3.63, 3.8) is 0 Å². The molecule has 3 heteroatoms. The molecule has 1 aliphatic carbocycles. The Kier molecular flexibility index (Phi) is 4.13. The number of benzene rings is 1. The van der Waals surface area contributed by atoms with Crippen molar-refractivity contribution in [2.75, 3.05) is 6.54 Å². The summed E-state index contributed by atoms with van der Waals surface area (Å²) in [6.07, 6.45) is 2.91. The van der Waals surface area contributed by atoms with E-state index in [9.17, 15) is 9.50 Å². The van der Waals surface area contributed by atoms with E-state index in [2.05, 4.69) is 5.32 Å². The van der Waals surface area contributed by atoms with E-state index in [-0.39, 0.29) is 11.9 Å². The van der Waals surface area contributed by atoms with Crippen molar-refractivity contribution >= 4 is 0 Å². The Balaban J connectivity index is 1.83. The van der Waals surface area contributed by atoms with Crippen LogP contribution in [-0.4, -0.2) is 17.8 Å². The summed E-state index contributed by atoms with van der Waals surface area (Å²) in [6, 6.07) is 5.16. The summed E-state index contributed by atoms with van der Waals surface area (Å²) < 4.78 is 13.5. The van der Waals surface area contributed by atoms with Crippen LogP contribution in [0.2, 0.25) is 0 Å². The molecule has 0 spiro atoms. The molecule has 1 saturated carbocycles. The monoisotopic (exact) mass is 237 g/mol. The lowest BCUT2D eigenvalue weighted by Crippen LogP contribution is -2.27. The predicted molar refractivity (Wildman–Crippen MR) is 66.2 cm³/mol. The maximum Gasteiger partial charge on any atom is 0.127 e. The minimum Gasteiger partial charge on any atom is -0.393 e. The van der Waals surface area contributed by atoms with Gasteiger partial charge in [0.1, 0.15) is 5.82 Å². The zero-order valence-corrected chi connectivity index (χ0v) is 10.2. The first-order valence-electron chi connectivity index (χ1n) is 6.30. The number of hydrogen-bond donors (Lipinski definition) is 2. The Hall–Kier alpha value is -0.930. The van der Waals surface area contributed by atoms with Crippen LogP contribution in [0.5, 0.6) is 0 Å². The van der Waals surface area contributed by atoms with Gasteiger partial charge in [-0.2, -0.15) is 0 Å². The van der Waals surface area contributed by atoms with Crippen LogP contribution in [0.15, 0.2) is 18.2 Å². The molecule has 0 aliphatic heterocycles. The zero-order valence-electron chi connectivity index (χ0n) is 10.2. The second-order valence-electron chi connectivity index (χ2n) is 4.98. The molecule has 0 saturated heterocycles.